The fraction of sp³-hybridized carbons (Fsp3) is 0.350. The third-order valence-corrected chi connectivity index (χ3v) is 6.70. The molecule has 2 atom stereocenters. The molecule has 8 heteroatoms. The molecule has 0 aromatic heterocycles. The van der Waals surface area contributed by atoms with Crippen LogP contribution in [0.5, 0.6) is 0 Å². The van der Waals surface area contributed by atoms with Gasteiger partial charge in [-0.3, -0.25) is 4.79 Å². The highest BCUT2D eigenvalue weighted by molar-refractivity contribution is 7.89. The molecule has 150 valence electrons. The zero-order valence-electron chi connectivity index (χ0n) is 15.5. The van der Waals surface area contributed by atoms with Gasteiger partial charge in [0.1, 0.15) is 6.04 Å². The molecule has 1 aliphatic rings. The van der Waals surface area contributed by atoms with Gasteiger partial charge < -0.3 is 9.47 Å². The number of carbonyl (C=O) groups excluding carboxylic acids is 1. The van der Waals surface area contributed by atoms with Crippen LogP contribution in [-0.4, -0.2) is 44.0 Å². The normalized spacial score (nSPS) is 20.2. The summed E-state index contributed by atoms with van der Waals surface area (Å²) < 4.78 is 38.4. The highest BCUT2D eigenvalue weighted by atomic mass is 35.5. The zero-order chi connectivity index (χ0) is 20.1. The molecule has 0 aliphatic carbocycles. The van der Waals surface area contributed by atoms with Crippen molar-refractivity contribution in [2.75, 3.05) is 13.2 Å². The molecule has 2 aromatic rings. The van der Waals surface area contributed by atoms with Crippen molar-refractivity contribution in [1.29, 1.82) is 0 Å². The van der Waals surface area contributed by atoms with E-state index in [0.29, 0.717) is 11.4 Å². The van der Waals surface area contributed by atoms with Gasteiger partial charge in [-0.1, -0.05) is 41.9 Å². The number of benzene rings is 2. The van der Waals surface area contributed by atoms with Crippen LogP contribution >= 0.6 is 11.6 Å². The second-order valence-corrected chi connectivity index (χ2v) is 8.72. The summed E-state index contributed by atoms with van der Waals surface area (Å²) in [5.74, 6) is -0.601. The van der Waals surface area contributed by atoms with Crippen LogP contribution in [0.4, 0.5) is 0 Å². The van der Waals surface area contributed by atoms with E-state index >= 15 is 0 Å². The van der Waals surface area contributed by atoms with Crippen LogP contribution in [0.15, 0.2) is 59.5 Å². The highest BCUT2D eigenvalue weighted by Gasteiger charge is 2.47. The summed E-state index contributed by atoms with van der Waals surface area (Å²) in [7, 11) is -3.89. The summed E-state index contributed by atoms with van der Waals surface area (Å²) in [4.78, 5) is 12.7. The van der Waals surface area contributed by atoms with Crippen LogP contribution in [0.1, 0.15) is 18.9 Å². The number of rotatable bonds is 7. The number of carbonyl (C=O) groups is 1. The van der Waals surface area contributed by atoms with E-state index in [-0.39, 0.29) is 24.7 Å². The minimum absolute atomic E-state index is 0.0786. The average Bonchev–Trinajstić information content (AvgIpc) is 3.13. The molecule has 3 rings (SSSR count). The van der Waals surface area contributed by atoms with Crippen LogP contribution in [-0.2, 0) is 30.9 Å². The number of ether oxygens (including phenoxy) is 2. The third-order valence-electron chi connectivity index (χ3n) is 4.55. The fourth-order valence-corrected chi connectivity index (χ4v) is 4.94. The molecule has 1 fully saturated rings. The van der Waals surface area contributed by atoms with Gasteiger partial charge in [-0.2, -0.15) is 4.31 Å². The first-order chi connectivity index (χ1) is 13.4. The molecule has 1 saturated heterocycles. The first kappa shape index (κ1) is 20.8. The van der Waals surface area contributed by atoms with E-state index in [1.807, 2.05) is 30.3 Å². The number of hydrogen-bond acceptors (Lipinski definition) is 5. The molecule has 0 N–H and O–H groups in total. The second kappa shape index (κ2) is 9.05. The fourth-order valence-electron chi connectivity index (χ4n) is 3.20. The maximum absolute atomic E-state index is 13.1. The van der Waals surface area contributed by atoms with Gasteiger partial charge in [-0.05, 0) is 43.2 Å². The lowest BCUT2D eigenvalue weighted by molar-refractivity contribution is -0.151. The summed E-state index contributed by atoms with van der Waals surface area (Å²) in [6.07, 6.45) is -0.176. The van der Waals surface area contributed by atoms with Gasteiger partial charge in [0.25, 0.3) is 0 Å². The Kier molecular flexibility index (Phi) is 6.72. The quantitative estimate of drug-likeness (QED) is 0.639. The Labute approximate surface area is 170 Å². The van der Waals surface area contributed by atoms with Crippen molar-refractivity contribution < 1.29 is 22.7 Å². The molecule has 6 nitrogen and oxygen atoms in total. The molecule has 0 saturated carbocycles. The number of hydrogen-bond donors (Lipinski definition) is 0. The number of sulfonamides is 1. The Hall–Kier alpha value is -1.93. The van der Waals surface area contributed by atoms with Gasteiger partial charge in [0, 0.05) is 11.6 Å². The lowest BCUT2D eigenvalue weighted by Gasteiger charge is -2.26. The van der Waals surface area contributed by atoms with Gasteiger partial charge in [0.2, 0.25) is 10.0 Å². The van der Waals surface area contributed by atoms with Crippen LogP contribution in [0.25, 0.3) is 0 Å². The third kappa shape index (κ3) is 4.55. The monoisotopic (exact) mass is 423 g/mol. The maximum Gasteiger partial charge on any atom is 0.327 e. The minimum atomic E-state index is -3.89. The molecule has 0 unspecified atom stereocenters. The molecule has 0 spiro atoms. The molecule has 1 aliphatic heterocycles. The minimum Gasteiger partial charge on any atom is -0.465 e. The molecular weight excluding hydrogens is 402 g/mol. The molecular formula is C20H22ClNO5S. The van der Waals surface area contributed by atoms with Crippen LogP contribution in [0.2, 0.25) is 5.02 Å². The topological polar surface area (TPSA) is 72.9 Å². The van der Waals surface area contributed by atoms with Crippen LogP contribution < -0.4 is 0 Å². The molecule has 0 amide bonds. The standard InChI is InChI=1S/C20H22ClNO5S/c1-2-26-20(23)19-18(27-14-15-6-4-3-5-7-15)12-13-22(19)28(24,25)17-10-8-16(21)9-11-17/h3-11,18-19H,2,12-14H2,1H3/t18-,19+/m0/s1. The first-order valence-electron chi connectivity index (χ1n) is 9.03. The molecule has 1 heterocycles. The van der Waals surface area contributed by atoms with Crippen LogP contribution in [0, 0.1) is 0 Å². The predicted molar refractivity (Wildman–Crippen MR) is 105 cm³/mol. The van der Waals surface area contributed by atoms with Crippen molar-refractivity contribution in [3.8, 4) is 0 Å². The summed E-state index contributed by atoms with van der Waals surface area (Å²) in [6, 6.07) is 14.4. The Morgan fingerprint density at radius 3 is 2.46 bits per heavy atom. The summed E-state index contributed by atoms with van der Waals surface area (Å²) in [5, 5.41) is 0.436. The summed E-state index contributed by atoms with van der Waals surface area (Å²) in [5.41, 5.74) is 0.948. The Morgan fingerprint density at radius 1 is 1.14 bits per heavy atom. The van der Waals surface area contributed by atoms with Gasteiger partial charge in [0.15, 0.2) is 0 Å². The van der Waals surface area contributed by atoms with Crippen molar-refractivity contribution in [2.45, 2.75) is 37.0 Å². The van der Waals surface area contributed by atoms with E-state index in [0.717, 1.165) is 5.56 Å². The van der Waals surface area contributed by atoms with E-state index in [1.54, 1.807) is 6.92 Å². The van der Waals surface area contributed by atoms with Crippen molar-refractivity contribution in [3.63, 3.8) is 0 Å². The van der Waals surface area contributed by atoms with Crippen molar-refractivity contribution >= 4 is 27.6 Å². The maximum atomic E-state index is 13.1. The summed E-state index contributed by atoms with van der Waals surface area (Å²) in [6.45, 7) is 2.31. The van der Waals surface area contributed by atoms with E-state index < -0.39 is 28.1 Å². The molecule has 0 radical (unpaired) electrons. The van der Waals surface area contributed by atoms with E-state index in [2.05, 4.69) is 0 Å². The Morgan fingerprint density at radius 2 is 1.82 bits per heavy atom. The van der Waals surface area contributed by atoms with Crippen molar-refractivity contribution in [3.05, 3.63) is 65.2 Å². The highest BCUT2D eigenvalue weighted by Crippen LogP contribution is 2.30. The number of nitrogens with zero attached hydrogens (tertiary/aromatic N) is 1. The summed E-state index contributed by atoms with van der Waals surface area (Å²) >= 11 is 5.86. The second-order valence-electron chi connectivity index (χ2n) is 6.39. The van der Waals surface area contributed by atoms with E-state index in [4.69, 9.17) is 21.1 Å². The largest absolute Gasteiger partial charge is 0.465 e. The first-order valence-corrected chi connectivity index (χ1v) is 10.8. The van der Waals surface area contributed by atoms with E-state index in [1.165, 1.54) is 28.6 Å². The lowest BCUT2D eigenvalue weighted by Crippen LogP contribution is -2.46. The van der Waals surface area contributed by atoms with Gasteiger partial charge in [-0.15, -0.1) is 0 Å². The van der Waals surface area contributed by atoms with Gasteiger partial charge in [0.05, 0.1) is 24.2 Å². The Balaban J connectivity index is 1.83. The van der Waals surface area contributed by atoms with Gasteiger partial charge >= 0.3 is 5.97 Å². The zero-order valence-corrected chi connectivity index (χ0v) is 17.0. The van der Waals surface area contributed by atoms with E-state index in [9.17, 15) is 13.2 Å². The molecule has 0 bridgehead atoms. The van der Waals surface area contributed by atoms with Crippen molar-refractivity contribution in [1.82, 2.24) is 4.31 Å². The molecule has 28 heavy (non-hydrogen) atoms. The average molecular weight is 424 g/mol. The lowest BCUT2D eigenvalue weighted by atomic mass is 10.1. The number of halogens is 1. The molecule has 2 aromatic carbocycles. The van der Waals surface area contributed by atoms with Crippen molar-refractivity contribution in [2.24, 2.45) is 0 Å². The Bertz CT molecular complexity index is 902. The SMILES string of the molecule is CCOC(=O)[C@H]1[C@@H](OCc2ccccc2)CCN1S(=O)(=O)c1ccc(Cl)cc1. The predicted octanol–water partition coefficient (Wildman–Crippen LogP) is 3.25. The van der Waals surface area contributed by atoms with Crippen LogP contribution in [0.3, 0.4) is 0 Å². The van der Waals surface area contributed by atoms with Gasteiger partial charge in [-0.25, -0.2) is 8.42 Å². The smallest absolute Gasteiger partial charge is 0.327 e. The number of esters is 1.